The highest BCUT2D eigenvalue weighted by Crippen LogP contribution is 2.34. The summed E-state index contributed by atoms with van der Waals surface area (Å²) >= 11 is 15.0. The van der Waals surface area contributed by atoms with Crippen LogP contribution in [0.5, 0.6) is 0 Å². The molecule has 4 nitrogen and oxygen atoms in total. The van der Waals surface area contributed by atoms with Crippen LogP contribution >= 0.6 is 39.1 Å². The predicted octanol–water partition coefficient (Wildman–Crippen LogP) is 3.29. The van der Waals surface area contributed by atoms with Crippen LogP contribution in [-0.4, -0.2) is 26.3 Å². The highest BCUT2D eigenvalue weighted by molar-refractivity contribution is 9.10. The number of sulfonamides is 1. The van der Waals surface area contributed by atoms with Crippen LogP contribution < -0.4 is 0 Å². The van der Waals surface area contributed by atoms with E-state index in [2.05, 4.69) is 15.9 Å². The van der Waals surface area contributed by atoms with E-state index in [1.165, 1.54) is 19.2 Å². The zero-order chi connectivity index (χ0) is 13.9. The van der Waals surface area contributed by atoms with Crippen LogP contribution in [0.3, 0.4) is 0 Å². The van der Waals surface area contributed by atoms with Gasteiger partial charge < -0.3 is 0 Å². The zero-order valence-electron chi connectivity index (χ0n) is 9.32. The normalized spacial score (nSPS) is 11.6. The van der Waals surface area contributed by atoms with E-state index in [9.17, 15) is 8.42 Å². The molecule has 0 atom stereocenters. The van der Waals surface area contributed by atoms with Gasteiger partial charge in [0.25, 0.3) is 0 Å². The van der Waals surface area contributed by atoms with Gasteiger partial charge in [0.15, 0.2) is 0 Å². The molecule has 0 heterocycles. The third-order valence-corrected chi connectivity index (χ3v) is 5.41. The molecule has 0 aromatic heterocycles. The van der Waals surface area contributed by atoms with E-state index >= 15 is 0 Å². The lowest BCUT2D eigenvalue weighted by Crippen LogP contribution is -2.28. The van der Waals surface area contributed by atoms with Crippen molar-refractivity contribution < 1.29 is 8.42 Å². The lowest BCUT2D eigenvalue weighted by Gasteiger charge is -2.17. The Balaban J connectivity index is 3.26. The van der Waals surface area contributed by atoms with E-state index < -0.39 is 10.0 Å². The summed E-state index contributed by atoms with van der Waals surface area (Å²) in [4.78, 5) is -0.144. The minimum atomic E-state index is -3.79. The lowest BCUT2D eigenvalue weighted by molar-refractivity contribution is 0.476. The maximum Gasteiger partial charge on any atom is 0.245 e. The molecular weight excluding hydrogens is 363 g/mol. The van der Waals surface area contributed by atoms with Gasteiger partial charge in [-0.15, -0.1) is 0 Å². The summed E-state index contributed by atoms with van der Waals surface area (Å²) < 4.78 is 26.1. The van der Waals surface area contributed by atoms with Gasteiger partial charge in [-0.3, -0.25) is 0 Å². The van der Waals surface area contributed by atoms with Crippen LogP contribution in [0, 0.1) is 11.3 Å². The Morgan fingerprint density at radius 2 is 1.89 bits per heavy atom. The third-order valence-electron chi connectivity index (χ3n) is 2.17. The van der Waals surface area contributed by atoms with Crippen molar-refractivity contribution in [1.82, 2.24) is 4.31 Å². The molecule has 1 aromatic carbocycles. The van der Waals surface area contributed by atoms with Gasteiger partial charge in [0, 0.05) is 24.5 Å². The summed E-state index contributed by atoms with van der Waals surface area (Å²) in [5.41, 5.74) is 0. The van der Waals surface area contributed by atoms with E-state index in [0.29, 0.717) is 4.47 Å². The molecule has 0 aliphatic rings. The number of benzene rings is 1. The van der Waals surface area contributed by atoms with Gasteiger partial charge in [-0.05, 0) is 12.1 Å². The molecule has 98 valence electrons. The molecule has 0 saturated carbocycles. The lowest BCUT2D eigenvalue weighted by atomic mass is 10.4. The van der Waals surface area contributed by atoms with Crippen LogP contribution in [0.4, 0.5) is 0 Å². The SMILES string of the molecule is CN(CCC#N)S(=O)(=O)c1c(Cl)cc(Br)cc1Cl. The smallest absolute Gasteiger partial charge is 0.207 e. The number of halogens is 3. The monoisotopic (exact) mass is 370 g/mol. The Morgan fingerprint density at radius 3 is 2.33 bits per heavy atom. The van der Waals surface area contributed by atoms with Crippen molar-refractivity contribution in [3.8, 4) is 6.07 Å². The van der Waals surface area contributed by atoms with Gasteiger partial charge in [-0.1, -0.05) is 39.1 Å². The third kappa shape index (κ3) is 3.37. The molecule has 0 aliphatic carbocycles. The summed E-state index contributed by atoms with van der Waals surface area (Å²) in [5.74, 6) is 0. The summed E-state index contributed by atoms with van der Waals surface area (Å²) in [6.45, 7) is 0.0849. The molecule has 0 bridgehead atoms. The first-order valence-electron chi connectivity index (χ1n) is 4.78. The summed E-state index contributed by atoms with van der Waals surface area (Å²) in [5, 5.41) is 8.55. The first-order valence-corrected chi connectivity index (χ1v) is 7.77. The number of hydrogen-bond donors (Lipinski definition) is 0. The Kier molecular flexibility index (Phi) is 5.44. The highest BCUT2D eigenvalue weighted by atomic mass is 79.9. The molecule has 0 spiro atoms. The maximum absolute atomic E-state index is 12.2. The van der Waals surface area contributed by atoms with E-state index in [4.69, 9.17) is 28.5 Å². The fourth-order valence-electron chi connectivity index (χ4n) is 1.26. The van der Waals surface area contributed by atoms with Gasteiger partial charge in [0.05, 0.1) is 16.1 Å². The fourth-order valence-corrected chi connectivity index (χ4v) is 4.31. The van der Waals surface area contributed by atoms with E-state index in [1.54, 1.807) is 0 Å². The molecule has 1 rings (SSSR count). The minimum Gasteiger partial charge on any atom is -0.207 e. The fraction of sp³-hybridized carbons (Fsp3) is 0.300. The van der Waals surface area contributed by atoms with Crippen LogP contribution in [0.1, 0.15) is 6.42 Å². The van der Waals surface area contributed by atoms with Crippen molar-refractivity contribution >= 4 is 49.2 Å². The minimum absolute atomic E-state index is 0.0400. The molecule has 0 radical (unpaired) electrons. The second kappa shape index (κ2) is 6.22. The van der Waals surface area contributed by atoms with Crippen molar-refractivity contribution in [3.63, 3.8) is 0 Å². The number of nitrogens with zero attached hydrogens (tertiary/aromatic N) is 2. The Bertz CT molecular complexity index is 575. The average molecular weight is 372 g/mol. The van der Waals surface area contributed by atoms with Crippen LogP contribution in [0.15, 0.2) is 21.5 Å². The van der Waals surface area contributed by atoms with Crippen molar-refractivity contribution in [2.75, 3.05) is 13.6 Å². The van der Waals surface area contributed by atoms with E-state index in [-0.39, 0.29) is 27.9 Å². The standard InChI is InChI=1S/C10H9BrCl2N2O2S/c1-15(4-2-3-14)18(16,17)10-8(12)5-7(11)6-9(10)13/h5-6H,2,4H2,1H3. The largest absolute Gasteiger partial charge is 0.245 e. The van der Waals surface area contributed by atoms with Gasteiger partial charge in [0.2, 0.25) is 10.0 Å². The quantitative estimate of drug-likeness (QED) is 0.815. The van der Waals surface area contributed by atoms with Crippen LogP contribution in [0.25, 0.3) is 0 Å². The molecule has 0 amide bonds. The first kappa shape index (κ1) is 15.7. The van der Waals surface area contributed by atoms with Crippen LogP contribution in [0.2, 0.25) is 10.0 Å². The summed E-state index contributed by atoms with van der Waals surface area (Å²) in [6, 6.07) is 4.79. The second-order valence-electron chi connectivity index (χ2n) is 3.43. The molecule has 18 heavy (non-hydrogen) atoms. The predicted molar refractivity (Wildman–Crippen MR) is 74.2 cm³/mol. The number of nitriles is 1. The molecule has 0 saturated heterocycles. The summed E-state index contributed by atoms with van der Waals surface area (Å²) in [6.07, 6.45) is 0.0987. The Morgan fingerprint density at radius 1 is 1.39 bits per heavy atom. The molecule has 1 aromatic rings. The molecule has 0 aliphatic heterocycles. The number of rotatable bonds is 4. The molecule has 0 unspecified atom stereocenters. The second-order valence-corrected chi connectivity index (χ2v) is 7.15. The topological polar surface area (TPSA) is 61.2 Å². The molecule has 0 fully saturated rings. The van der Waals surface area contributed by atoms with Crippen molar-refractivity contribution in [1.29, 1.82) is 5.26 Å². The van der Waals surface area contributed by atoms with Crippen molar-refractivity contribution in [2.24, 2.45) is 0 Å². The number of hydrogen-bond acceptors (Lipinski definition) is 3. The molecular formula is C10H9BrCl2N2O2S. The van der Waals surface area contributed by atoms with Gasteiger partial charge in [-0.25, -0.2) is 8.42 Å². The maximum atomic E-state index is 12.2. The van der Waals surface area contributed by atoms with Crippen LogP contribution in [-0.2, 0) is 10.0 Å². The van der Waals surface area contributed by atoms with Gasteiger partial charge in [0.1, 0.15) is 4.90 Å². The van der Waals surface area contributed by atoms with Crippen molar-refractivity contribution in [2.45, 2.75) is 11.3 Å². The van der Waals surface area contributed by atoms with Gasteiger partial charge in [-0.2, -0.15) is 9.57 Å². The highest BCUT2D eigenvalue weighted by Gasteiger charge is 2.26. The summed E-state index contributed by atoms with van der Waals surface area (Å²) in [7, 11) is -2.42. The zero-order valence-corrected chi connectivity index (χ0v) is 13.2. The Labute approximate surface area is 124 Å². The average Bonchev–Trinajstić information content (AvgIpc) is 2.23. The molecule has 8 heteroatoms. The first-order chi connectivity index (χ1) is 8.30. The molecule has 0 N–H and O–H groups in total. The van der Waals surface area contributed by atoms with E-state index in [1.807, 2.05) is 6.07 Å². The Hall–Kier alpha value is -0.320. The van der Waals surface area contributed by atoms with Gasteiger partial charge >= 0.3 is 0 Å². The van der Waals surface area contributed by atoms with Crippen molar-refractivity contribution in [3.05, 3.63) is 26.7 Å². The van der Waals surface area contributed by atoms with E-state index in [0.717, 1.165) is 4.31 Å².